The lowest BCUT2D eigenvalue weighted by Crippen LogP contribution is -2.00. The third-order valence-corrected chi connectivity index (χ3v) is 3.31. The van der Waals surface area contributed by atoms with Crippen LogP contribution in [0.4, 0.5) is 4.39 Å². The van der Waals surface area contributed by atoms with Crippen molar-refractivity contribution in [3.8, 4) is 11.1 Å². The first kappa shape index (κ1) is 14.1. The van der Waals surface area contributed by atoms with E-state index in [0.717, 1.165) is 6.07 Å². The summed E-state index contributed by atoms with van der Waals surface area (Å²) in [5.41, 5.74) is 0.375. The first-order valence-corrected chi connectivity index (χ1v) is 6.21. The van der Waals surface area contributed by atoms with Crippen LogP contribution in [-0.2, 0) is 0 Å². The minimum Gasteiger partial charge on any atom is -0.478 e. The van der Waals surface area contributed by atoms with E-state index in [-0.39, 0.29) is 10.0 Å². The molecule has 2 rings (SSSR count). The zero-order valence-electron chi connectivity index (χ0n) is 9.25. The van der Waals surface area contributed by atoms with Crippen molar-refractivity contribution in [1.29, 1.82) is 0 Å². The van der Waals surface area contributed by atoms with Gasteiger partial charge >= 0.3 is 5.97 Å². The maximum absolute atomic E-state index is 13.3. The molecule has 0 saturated carbocycles. The van der Waals surface area contributed by atoms with Crippen LogP contribution in [-0.4, -0.2) is 11.1 Å². The fraction of sp³-hybridized carbons (Fsp3) is 0. The highest BCUT2D eigenvalue weighted by Gasteiger charge is 2.15. The maximum Gasteiger partial charge on any atom is 0.338 e. The van der Waals surface area contributed by atoms with Gasteiger partial charge in [-0.3, -0.25) is 0 Å². The Morgan fingerprint density at radius 1 is 1.05 bits per heavy atom. The van der Waals surface area contributed by atoms with E-state index in [1.807, 2.05) is 0 Å². The number of carboxylic acid groups (broad SMARTS) is 1. The summed E-state index contributed by atoms with van der Waals surface area (Å²) in [6.45, 7) is 0. The SMILES string of the molecule is O=C(O)c1cc(-c2c(Cl)cc(Cl)cc2Cl)ccc1F. The smallest absolute Gasteiger partial charge is 0.338 e. The predicted octanol–water partition coefficient (Wildman–Crippen LogP) is 5.15. The summed E-state index contributed by atoms with van der Waals surface area (Å²) >= 11 is 17.9. The largest absolute Gasteiger partial charge is 0.478 e. The molecule has 0 aliphatic heterocycles. The molecule has 0 aromatic heterocycles. The van der Waals surface area contributed by atoms with Crippen molar-refractivity contribution in [1.82, 2.24) is 0 Å². The average molecular weight is 320 g/mol. The van der Waals surface area contributed by atoms with Gasteiger partial charge in [0.05, 0.1) is 15.6 Å². The Morgan fingerprint density at radius 2 is 1.63 bits per heavy atom. The molecule has 0 bridgehead atoms. The van der Waals surface area contributed by atoms with Gasteiger partial charge in [0, 0.05) is 10.6 Å². The van der Waals surface area contributed by atoms with Crippen molar-refractivity contribution in [2.24, 2.45) is 0 Å². The molecule has 0 radical (unpaired) electrons. The van der Waals surface area contributed by atoms with E-state index in [9.17, 15) is 9.18 Å². The highest BCUT2D eigenvalue weighted by molar-refractivity contribution is 6.41. The number of aromatic carboxylic acids is 1. The van der Waals surface area contributed by atoms with Crippen molar-refractivity contribution in [2.75, 3.05) is 0 Å². The van der Waals surface area contributed by atoms with Gasteiger partial charge in [-0.2, -0.15) is 0 Å². The Balaban J connectivity index is 2.66. The quantitative estimate of drug-likeness (QED) is 0.831. The summed E-state index contributed by atoms with van der Waals surface area (Å²) in [6.07, 6.45) is 0. The van der Waals surface area contributed by atoms with Gasteiger partial charge in [-0.15, -0.1) is 0 Å². The highest BCUT2D eigenvalue weighted by Crippen LogP contribution is 2.37. The van der Waals surface area contributed by atoms with Gasteiger partial charge in [0.2, 0.25) is 0 Å². The van der Waals surface area contributed by atoms with E-state index in [2.05, 4.69) is 0 Å². The number of hydrogen-bond donors (Lipinski definition) is 1. The molecule has 0 aliphatic rings. The molecule has 0 fully saturated rings. The van der Waals surface area contributed by atoms with Crippen molar-refractivity contribution in [3.05, 3.63) is 56.8 Å². The summed E-state index contributed by atoms with van der Waals surface area (Å²) in [5, 5.41) is 9.78. The van der Waals surface area contributed by atoms with Crippen molar-refractivity contribution < 1.29 is 14.3 Å². The molecule has 1 N–H and O–H groups in total. The molecule has 19 heavy (non-hydrogen) atoms. The molecule has 0 heterocycles. The van der Waals surface area contributed by atoms with E-state index < -0.39 is 17.3 Å². The van der Waals surface area contributed by atoms with Gasteiger partial charge in [-0.1, -0.05) is 40.9 Å². The lowest BCUT2D eigenvalue weighted by atomic mass is 10.0. The third-order valence-electron chi connectivity index (χ3n) is 2.49. The van der Waals surface area contributed by atoms with Gasteiger partial charge in [-0.05, 0) is 29.8 Å². The Bertz CT molecular complexity index is 648. The first-order chi connectivity index (χ1) is 8.90. The first-order valence-electron chi connectivity index (χ1n) is 5.08. The molecule has 6 heteroatoms. The van der Waals surface area contributed by atoms with Crippen LogP contribution >= 0.6 is 34.8 Å². The molecule has 0 amide bonds. The van der Waals surface area contributed by atoms with E-state index in [4.69, 9.17) is 39.9 Å². The van der Waals surface area contributed by atoms with Crippen LogP contribution < -0.4 is 0 Å². The van der Waals surface area contributed by atoms with Crippen LogP contribution in [0.1, 0.15) is 10.4 Å². The molecule has 0 aliphatic carbocycles. The predicted molar refractivity (Wildman–Crippen MR) is 73.8 cm³/mol. The second kappa shape index (κ2) is 5.37. The van der Waals surface area contributed by atoms with Crippen LogP contribution in [0.15, 0.2) is 30.3 Å². The van der Waals surface area contributed by atoms with Crippen LogP contribution in [0.5, 0.6) is 0 Å². The summed E-state index contributed by atoms with van der Waals surface area (Å²) in [5.74, 6) is -2.18. The second-order valence-electron chi connectivity index (χ2n) is 3.74. The molecule has 0 atom stereocenters. The van der Waals surface area contributed by atoms with Gasteiger partial charge in [0.1, 0.15) is 5.82 Å². The number of rotatable bonds is 2. The normalized spacial score (nSPS) is 10.5. The molecule has 2 aromatic carbocycles. The van der Waals surface area contributed by atoms with E-state index in [1.54, 1.807) is 0 Å². The summed E-state index contributed by atoms with van der Waals surface area (Å²) < 4.78 is 13.3. The number of halogens is 4. The number of benzene rings is 2. The third kappa shape index (κ3) is 2.84. The Hall–Kier alpha value is -1.29. The Morgan fingerprint density at radius 3 is 2.16 bits per heavy atom. The monoisotopic (exact) mass is 318 g/mol. The maximum atomic E-state index is 13.3. The van der Waals surface area contributed by atoms with E-state index >= 15 is 0 Å². The van der Waals surface area contributed by atoms with Crippen LogP contribution in [0.3, 0.4) is 0 Å². The minimum absolute atomic E-state index is 0.264. The van der Waals surface area contributed by atoms with Gasteiger partial charge < -0.3 is 5.11 Å². The lowest BCUT2D eigenvalue weighted by Gasteiger charge is -2.09. The Labute approximate surface area is 123 Å². The minimum atomic E-state index is -1.36. The second-order valence-corrected chi connectivity index (χ2v) is 5.00. The van der Waals surface area contributed by atoms with Gasteiger partial charge in [0.15, 0.2) is 0 Å². The molecule has 0 spiro atoms. The summed E-state index contributed by atoms with van der Waals surface area (Å²) in [7, 11) is 0. The summed E-state index contributed by atoms with van der Waals surface area (Å²) in [4.78, 5) is 10.9. The van der Waals surface area contributed by atoms with Crippen molar-refractivity contribution >= 4 is 40.8 Å². The number of carboxylic acids is 1. The zero-order chi connectivity index (χ0) is 14.2. The molecule has 0 saturated heterocycles. The van der Waals surface area contributed by atoms with Crippen LogP contribution in [0.2, 0.25) is 15.1 Å². The van der Waals surface area contributed by atoms with Crippen molar-refractivity contribution in [2.45, 2.75) is 0 Å². The molecular weight excluding hydrogens is 313 g/mol. The van der Waals surface area contributed by atoms with E-state index in [1.165, 1.54) is 24.3 Å². The topological polar surface area (TPSA) is 37.3 Å². The molecule has 0 unspecified atom stereocenters. The standard InChI is InChI=1S/C13H6Cl3FO2/c14-7-4-9(15)12(10(16)5-7)6-1-2-11(17)8(3-6)13(18)19/h1-5H,(H,18,19). The highest BCUT2D eigenvalue weighted by atomic mass is 35.5. The fourth-order valence-corrected chi connectivity index (χ4v) is 2.70. The molecule has 2 aromatic rings. The van der Waals surface area contributed by atoms with E-state index in [0.29, 0.717) is 16.1 Å². The Kier molecular flexibility index (Phi) is 3.99. The molecule has 98 valence electrons. The molecule has 2 nitrogen and oxygen atoms in total. The lowest BCUT2D eigenvalue weighted by molar-refractivity contribution is 0.0692. The van der Waals surface area contributed by atoms with Crippen molar-refractivity contribution in [3.63, 3.8) is 0 Å². The number of hydrogen-bond acceptors (Lipinski definition) is 1. The van der Waals surface area contributed by atoms with Crippen LogP contribution in [0, 0.1) is 5.82 Å². The van der Waals surface area contributed by atoms with Crippen LogP contribution in [0.25, 0.3) is 11.1 Å². The number of carbonyl (C=O) groups is 1. The fourth-order valence-electron chi connectivity index (χ4n) is 1.66. The zero-order valence-corrected chi connectivity index (χ0v) is 11.5. The molecular formula is C13H6Cl3FO2. The van der Waals surface area contributed by atoms with Gasteiger partial charge in [0.25, 0.3) is 0 Å². The van der Waals surface area contributed by atoms with Gasteiger partial charge in [-0.25, -0.2) is 9.18 Å². The summed E-state index contributed by atoms with van der Waals surface area (Å²) in [6, 6.07) is 6.60. The average Bonchev–Trinajstić information content (AvgIpc) is 2.29.